The number of halogens is 1. The van der Waals surface area contributed by atoms with Crippen LogP contribution in [0.3, 0.4) is 0 Å². The van der Waals surface area contributed by atoms with Crippen LogP contribution in [0.25, 0.3) is 0 Å². The molecule has 2 rings (SSSR count). The van der Waals surface area contributed by atoms with E-state index in [-0.39, 0.29) is 23.2 Å². The highest BCUT2D eigenvalue weighted by molar-refractivity contribution is 5.74. The highest BCUT2D eigenvalue weighted by atomic mass is 19.1. The van der Waals surface area contributed by atoms with Gasteiger partial charge in [0.05, 0.1) is 6.10 Å². The summed E-state index contributed by atoms with van der Waals surface area (Å²) >= 11 is 0. The normalized spacial score (nSPS) is 17.1. The van der Waals surface area contributed by atoms with E-state index in [1.165, 1.54) is 12.1 Å². The number of rotatable bonds is 7. The number of hydrogen-bond donors (Lipinski definition) is 3. The van der Waals surface area contributed by atoms with Crippen LogP contribution in [0.4, 0.5) is 9.18 Å². The predicted octanol–water partition coefficient (Wildman–Crippen LogP) is 2.56. The fourth-order valence-electron chi connectivity index (χ4n) is 2.50. The maximum atomic E-state index is 13.0. The summed E-state index contributed by atoms with van der Waals surface area (Å²) in [5.41, 5.74) is 1.03. The fourth-order valence-corrected chi connectivity index (χ4v) is 2.50. The van der Waals surface area contributed by atoms with E-state index in [4.69, 9.17) is 0 Å². The number of amides is 2. The van der Waals surface area contributed by atoms with E-state index in [2.05, 4.69) is 10.6 Å². The molecule has 0 spiro atoms. The van der Waals surface area contributed by atoms with Crippen LogP contribution in [0.1, 0.15) is 38.7 Å². The first kappa shape index (κ1) is 16.7. The first-order chi connectivity index (χ1) is 10.4. The molecule has 0 bridgehead atoms. The summed E-state index contributed by atoms with van der Waals surface area (Å²) in [6, 6.07) is 6.29. The molecule has 1 saturated carbocycles. The third kappa shape index (κ3) is 4.44. The lowest BCUT2D eigenvalue weighted by atomic mass is 9.96. The lowest BCUT2D eigenvalue weighted by Gasteiger charge is -2.18. The lowest BCUT2D eigenvalue weighted by molar-refractivity contribution is 0.116. The summed E-state index contributed by atoms with van der Waals surface area (Å²) in [6.45, 7) is 4.90. The summed E-state index contributed by atoms with van der Waals surface area (Å²) in [7, 11) is 0. The molecule has 0 radical (unpaired) electrons. The van der Waals surface area contributed by atoms with Crippen LogP contribution in [-0.4, -0.2) is 30.3 Å². The second kappa shape index (κ2) is 7.09. The summed E-state index contributed by atoms with van der Waals surface area (Å²) in [5, 5.41) is 15.3. The lowest BCUT2D eigenvalue weighted by Crippen LogP contribution is -2.41. The van der Waals surface area contributed by atoms with E-state index >= 15 is 0 Å². The summed E-state index contributed by atoms with van der Waals surface area (Å²) in [4.78, 5) is 11.8. The molecule has 0 aliphatic heterocycles. The van der Waals surface area contributed by atoms with Crippen molar-refractivity contribution in [3.63, 3.8) is 0 Å². The molecule has 1 unspecified atom stereocenters. The molecular formula is C17H25FN2O2. The molecule has 22 heavy (non-hydrogen) atoms. The molecule has 1 fully saturated rings. The molecule has 0 saturated heterocycles. The number of aliphatic hydroxyl groups is 1. The van der Waals surface area contributed by atoms with Gasteiger partial charge in [0.25, 0.3) is 0 Å². The number of benzene rings is 1. The summed E-state index contributed by atoms with van der Waals surface area (Å²) in [6.07, 6.45) is 2.17. The highest BCUT2D eigenvalue weighted by Gasteiger charge is 2.44. The van der Waals surface area contributed by atoms with Gasteiger partial charge in [0.15, 0.2) is 0 Å². The Balaban J connectivity index is 1.73. The van der Waals surface area contributed by atoms with Gasteiger partial charge in [-0.1, -0.05) is 26.0 Å². The monoisotopic (exact) mass is 308 g/mol. The van der Waals surface area contributed by atoms with Crippen molar-refractivity contribution in [2.75, 3.05) is 13.1 Å². The minimum absolute atomic E-state index is 0.0392. The standard InChI is InChI=1S/C17H25FN2O2/c1-12(2)15(21)7-10-19-16(22)20-11-17(8-9-17)13-3-5-14(18)6-4-13/h3-6,12,15,21H,7-11H2,1-2H3,(H2,19,20,22). The summed E-state index contributed by atoms with van der Waals surface area (Å²) in [5.74, 6) is -0.0490. The molecule has 1 atom stereocenters. The van der Waals surface area contributed by atoms with Gasteiger partial charge in [0, 0.05) is 18.5 Å². The van der Waals surface area contributed by atoms with E-state index in [0.717, 1.165) is 18.4 Å². The average Bonchev–Trinajstić information content (AvgIpc) is 3.27. The predicted molar refractivity (Wildman–Crippen MR) is 84.2 cm³/mol. The Morgan fingerprint density at radius 2 is 1.91 bits per heavy atom. The van der Waals surface area contributed by atoms with Crippen LogP contribution in [0.5, 0.6) is 0 Å². The number of nitrogens with one attached hydrogen (secondary N) is 2. The second-order valence-corrected chi connectivity index (χ2v) is 6.50. The molecular weight excluding hydrogens is 283 g/mol. The quantitative estimate of drug-likeness (QED) is 0.725. The molecule has 4 nitrogen and oxygen atoms in total. The second-order valence-electron chi connectivity index (χ2n) is 6.50. The van der Waals surface area contributed by atoms with Crippen molar-refractivity contribution in [3.05, 3.63) is 35.6 Å². The maximum absolute atomic E-state index is 13.0. The minimum atomic E-state index is -0.394. The van der Waals surface area contributed by atoms with Gasteiger partial charge in [0.1, 0.15) is 5.82 Å². The van der Waals surface area contributed by atoms with E-state index < -0.39 is 6.10 Å². The third-order valence-corrected chi connectivity index (χ3v) is 4.39. The summed E-state index contributed by atoms with van der Waals surface area (Å²) < 4.78 is 13.0. The third-order valence-electron chi connectivity index (χ3n) is 4.39. The van der Waals surface area contributed by atoms with Gasteiger partial charge >= 0.3 is 6.03 Å². The zero-order valence-electron chi connectivity index (χ0n) is 13.2. The number of carbonyl (C=O) groups excluding carboxylic acids is 1. The van der Waals surface area contributed by atoms with E-state index in [1.807, 2.05) is 13.8 Å². The topological polar surface area (TPSA) is 61.4 Å². The van der Waals surface area contributed by atoms with Crippen molar-refractivity contribution in [2.45, 2.75) is 44.6 Å². The smallest absolute Gasteiger partial charge is 0.314 e. The molecule has 1 aromatic carbocycles. The van der Waals surface area contributed by atoms with Crippen molar-refractivity contribution in [3.8, 4) is 0 Å². The van der Waals surface area contributed by atoms with Crippen molar-refractivity contribution < 1.29 is 14.3 Å². The van der Waals surface area contributed by atoms with Gasteiger partial charge in [-0.25, -0.2) is 9.18 Å². The largest absolute Gasteiger partial charge is 0.393 e. The number of aliphatic hydroxyl groups excluding tert-OH is 1. The van der Waals surface area contributed by atoms with Crippen molar-refractivity contribution in [2.24, 2.45) is 5.92 Å². The van der Waals surface area contributed by atoms with Crippen LogP contribution >= 0.6 is 0 Å². The Bertz CT molecular complexity index is 498. The molecule has 1 aromatic rings. The SMILES string of the molecule is CC(C)C(O)CCNC(=O)NCC1(c2ccc(F)cc2)CC1. The molecule has 2 amide bonds. The molecule has 122 valence electrons. The Morgan fingerprint density at radius 1 is 1.27 bits per heavy atom. The van der Waals surface area contributed by atoms with Crippen LogP contribution in [0, 0.1) is 11.7 Å². The Labute approximate surface area is 131 Å². The first-order valence-electron chi connectivity index (χ1n) is 7.89. The molecule has 1 aliphatic rings. The van der Waals surface area contributed by atoms with Gasteiger partial charge in [-0.05, 0) is 42.9 Å². The zero-order valence-corrected chi connectivity index (χ0v) is 13.2. The molecule has 5 heteroatoms. The van der Waals surface area contributed by atoms with E-state index in [9.17, 15) is 14.3 Å². The van der Waals surface area contributed by atoms with Gasteiger partial charge in [-0.3, -0.25) is 0 Å². The number of hydrogen-bond acceptors (Lipinski definition) is 2. The van der Waals surface area contributed by atoms with Gasteiger partial charge < -0.3 is 15.7 Å². The van der Waals surface area contributed by atoms with Gasteiger partial charge in [0.2, 0.25) is 0 Å². The fraction of sp³-hybridized carbons (Fsp3) is 0.588. The van der Waals surface area contributed by atoms with E-state index in [1.54, 1.807) is 12.1 Å². The molecule has 1 aliphatic carbocycles. The number of urea groups is 1. The first-order valence-corrected chi connectivity index (χ1v) is 7.89. The Hall–Kier alpha value is -1.62. The zero-order chi connectivity index (χ0) is 16.2. The van der Waals surface area contributed by atoms with E-state index in [0.29, 0.717) is 19.5 Å². The van der Waals surface area contributed by atoms with Crippen molar-refractivity contribution >= 4 is 6.03 Å². The number of carbonyl (C=O) groups is 1. The molecule has 0 heterocycles. The highest BCUT2D eigenvalue weighted by Crippen LogP contribution is 2.47. The van der Waals surface area contributed by atoms with Gasteiger partial charge in [-0.15, -0.1) is 0 Å². The Morgan fingerprint density at radius 3 is 2.45 bits per heavy atom. The molecule has 3 N–H and O–H groups in total. The maximum Gasteiger partial charge on any atom is 0.314 e. The average molecular weight is 308 g/mol. The minimum Gasteiger partial charge on any atom is -0.393 e. The molecule has 0 aromatic heterocycles. The van der Waals surface area contributed by atoms with Crippen LogP contribution in [-0.2, 0) is 5.41 Å². The van der Waals surface area contributed by atoms with Crippen LogP contribution in [0.15, 0.2) is 24.3 Å². The van der Waals surface area contributed by atoms with Crippen LogP contribution in [0.2, 0.25) is 0 Å². The van der Waals surface area contributed by atoms with Gasteiger partial charge in [-0.2, -0.15) is 0 Å². The van der Waals surface area contributed by atoms with Crippen molar-refractivity contribution in [1.82, 2.24) is 10.6 Å². The van der Waals surface area contributed by atoms with Crippen LogP contribution < -0.4 is 10.6 Å². The van der Waals surface area contributed by atoms with Crippen molar-refractivity contribution in [1.29, 1.82) is 0 Å². The Kier molecular flexibility index (Phi) is 5.40.